The highest BCUT2D eigenvalue weighted by Crippen LogP contribution is 2.33. The fourth-order valence-corrected chi connectivity index (χ4v) is 1.91. The molecule has 4 nitrogen and oxygen atoms in total. The second-order valence-electron chi connectivity index (χ2n) is 3.80. The van der Waals surface area contributed by atoms with E-state index in [2.05, 4.69) is 5.32 Å². The molecule has 0 saturated carbocycles. The minimum atomic E-state index is -4.41. The molecule has 0 amide bonds. The fourth-order valence-electron chi connectivity index (χ4n) is 1.91. The first-order chi connectivity index (χ1) is 7.89. The van der Waals surface area contributed by atoms with Crippen LogP contribution in [0.25, 0.3) is 0 Å². The van der Waals surface area contributed by atoms with E-state index in [1.807, 2.05) is 0 Å². The van der Waals surface area contributed by atoms with E-state index >= 15 is 0 Å². The fraction of sp³-hybridized carbons (Fsp3) is 0.400. The Bertz CT molecular complexity index is 459. The predicted molar refractivity (Wildman–Crippen MR) is 52.9 cm³/mol. The minimum absolute atomic E-state index is 0.306. The molecule has 17 heavy (non-hydrogen) atoms. The molecule has 0 aromatic heterocycles. The molecular weight excluding hydrogens is 237 g/mol. The van der Waals surface area contributed by atoms with Gasteiger partial charge in [-0.3, -0.25) is 15.4 Å². The Morgan fingerprint density at radius 1 is 1.41 bits per heavy atom. The largest absolute Gasteiger partial charge is 0.416 e. The lowest BCUT2D eigenvalue weighted by atomic mass is 9.96. The van der Waals surface area contributed by atoms with Crippen molar-refractivity contribution in [3.63, 3.8) is 0 Å². The van der Waals surface area contributed by atoms with Crippen LogP contribution in [0.5, 0.6) is 0 Å². The third-order valence-electron chi connectivity index (χ3n) is 2.71. The Hall–Kier alpha value is -1.63. The molecule has 0 saturated heterocycles. The Labute approximate surface area is 94.6 Å². The Morgan fingerprint density at radius 2 is 2.12 bits per heavy atom. The summed E-state index contributed by atoms with van der Waals surface area (Å²) in [6.07, 6.45) is -5.16. The summed E-state index contributed by atoms with van der Waals surface area (Å²) in [7, 11) is 0. The zero-order chi connectivity index (χ0) is 12.6. The van der Waals surface area contributed by atoms with Crippen molar-refractivity contribution in [2.24, 2.45) is 0 Å². The first-order valence-corrected chi connectivity index (χ1v) is 4.96. The summed E-state index contributed by atoms with van der Waals surface area (Å²) in [6.45, 7) is 0.306. The molecule has 1 unspecified atom stereocenters. The Kier molecular flexibility index (Phi) is 2.78. The van der Waals surface area contributed by atoms with Crippen LogP contribution in [0.2, 0.25) is 0 Å². The molecule has 1 atom stereocenters. The maximum Gasteiger partial charge on any atom is 0.416 e. The van der Waals surface area contributed by atoms with Crippen molar-refractivity contribution >= 4 is 0 Å². The van der Waals surface area contributed by atoms with Crippen molar-refractivity contribution in [2.45, 2.75) is 18.8 Å². The van der Waals surface area contributed by atoms with E-state index in [1.165, 1.54) is 6.07 Å². The Morgan fingerprint density at radius 3 is 2.71 bits per heavy atom. The number of rotatable bonds is 1. The second kappa shape index (κ2) is 3.99. The lowest BCUT2D eigenvalue weighted by molar-refractivity contribution is -0.537. The Balaban J connectivity index is 2.43. The van der Waals surface area contributed by atoms with Crippen molar-refractivity contribution in [2.75, 3.05) is 6.54 Å². The molecule has 92 valence electrons. The van der Waals surface area contributed by atoms with E-state index in [9.17, 15) is 23.3 Å². The monoisotopic (exact) mass is 246 g/mol. The molecule has 1 heterocycles. The number of hydrogen-bond acceptors (Lipinski definition) is 3. The van der Waals surface area contributed by atoms with Crippen molar-refractivity contribution in [3.8, 4) is 0 Å². The van der Waals surface area contributed by atoms with E-state index in [4.69, 9.17) is 0 Å². The third kappa shape index (κ3) is 2.23. The number of fused-ring (bicyclic) bond motifs is 1. The zero-order valence-electron chi connectivity index (χ0n) is 8.62. The van der Waals surface area contributed by atoms with Crippen molar-refractivity contribution in [3.05, 3.63) is 45.0 Å². The number of benzene rings is 1. The van der Waals surface area contributed by atoms with Gasteiger partial charge in [-0.1, -0.05) is 0 Å². The summed E-state index contributed by atoms with van der Waals surface area (Å²) in [5.41, 5.74) is -0.0604. The van der Waals surface area contributed by atoms with E-state index in [0.717, 1.165) is 12.1 Å². The van der Waals surface area contributed by atoms with E-state index < -0.39 is 22.8 Å². The smallest absolute Gasteiger partial charge is 0.262 e. The van der Waals surface area contributed by atoms with E-state index in [1.54, 1.807) is 0 Å². The molecule has 1 aromatic rings. The molecule has 2 rings (SSSR count). The van der Waals surface area contributed by atoms with Crippen LogP contribution in [0.3, 0.4) is 0 Å². The second-order valence-corrected chi connectivity index (χ2v) is 3.80. The molecule has 0 fully saturated rings. The zero-order valence-corrected chi connectivity index (χ0v) is 8.62. The first kappa shape index (κ1) is 11.8. The molecule has 1 aliphatic heterocycles. The lowest BCUT2D eigenvalue weighted by Crippen LogP contribution is -2.34. The summed E-state index contributed by atoms with van der Waals surface area (Å²) in [4.78, 5) is 10.2. The predicted octanol–water partition coefficient (Wildman–Crippen LogP) is 2.13. The average Bonchev–Trinajstić information content (AvgIpc) is 2.26. The van der Waals surface area contributed by atoms with Crippen LogP contribution in [0.15, 0.2) is 18.2 Å². The van der Waals surface area contributed by atoms with Crippen molar-refractivity contribution in [1.29, 1.82) is 0 Å². The standard InChI is InChI=1S/C10H9F3N2O2/c11-10(12,13)7-1-2-8-6(5-7)3-4-14-9(8)15(16)17/h1-2,5,9,14H,3-4H2. The van der Waals surface area contributed by atoms with Gasteiger partial charge in [-0.2, -0.15) is 13.2 Å². The summed E-state index contributed by atoms with van der Waals surface area (Å²) in [5.74, 6) is 0. The van der Waals surface area contributed by atoms with Gasteiger partial charge in [0.25, 0.3) is 6.17 Å². The van der Waals surface area contributed by atoms with Crippen LogP contribution < -0.4 is 5.32 Å². The number of halogens is 3. The SMILES string of the molecule is O=[N+]([O-])C1NCCc2cc(C(F)(F)F)ccc21. The molecule has 1 aromatic carbocycles. The third-order valence-corrected chi connectivity index (χ3v) is 2.71. The highest BCUT2D eigenvalue weighted by molar-refractivity contribution is 5.36. The van der Waals surface area contributed by atoms with Crippen LogP contribution >= 0.6 is 0 Å². The number of hydrogen-bond donors (Lipinski definition) is 1. The molecule has 0 radical (unpaired) electrons. The highest BCUT2D eigenvalue weighted by Gasteiger charge is 2.34. The van der Waals surface area contributed by atoms with Crippen molar-refractivity contribution < 1.29 is 18.1 Å². The van der Waals surface area contributed by atoms with Crippen LogP contribution in [-0.4, -0.2) is 11.5 Å². The summed E-state index contributed by atoms with van der Waals surface area (Å²) >= 11 is 0. The first-order valence-electron chi connectivity index (χ1n) is 4.96. The molecule has 1 aliphatic rings. The van der Waals surface area contributed by atoms with Gasteiger partial charge >= 0.3 is 6.18 Å². The molecule has 0 bridgehead atoms. The maximum atomic E-state index is 12.5. The van der Waals surface area contributed by atoms with Crippen LogP contribution in [0.1, 0.15) is 22.9 Å². The van der Waals surface area contributed by atoms with Crippen molar-refractivity contribution in [1.82, 2.24) is 5.32 Å². The summed E-state index contributed by atoms with van der Waals surface area (Å²) in [5, 5.41) is 13.4. The normalized spacial score (nSPS) is 19.8. The number of nitrogens with zero attached hydrogens (tertiary/aromatic N) is 1. The van der Waals surface area contributed by atoms with Gasteiger partial charge in [0.2, 0.25) is 0 Å². The van der Waals surface area contributed by atoms with Gasteiger partial charge < -0.3 is 0 Å². The van der Waals surface area contributed by atoms with Gasteiger partial charge in [0.05, 0.1) is 5.56 Å². The molecule has 0 spiro atoms. The number of alkyl halides is 3. The molecule has 7 heteroatoms. The van der Waals surface area contributed by atoms with Crippen LogP contribution in [0, 0.1) is 10.1 Å². The highest BCUT2D eigenvalue weighted by atomic mass is 19.4. The van der Waals surface area contributed by atoms with Gasteiger partial charge in [-0.25, -0.2) is 0 Å². The molecule has 0 aliphatic carbocycles. The van der Waals surface area contributed by atoms with Gasteiger partial charge in [-0.15, -0.1) is 0 Å². The van der Waals surface area contributed by atoms with Gasteiger partial charge in [0, 0.05) is 17.0 Å². The van der Waals surface area contributed by atoms with Gasteiger partial charge in [0.15, 0.2) is 0 Å². The van der Waals surface area contributed by atoms with Gasteiger partial charge in [-0.05, 0) is 30.2 Å². The van der Waals surface area contributed by atoms with E-state index in [-0.39, 0.29) is 0 Å². The summed E-state index contributed by atoms with van der Waals surface area (Å²) < 4.78 is 37.4. The lowest BCUT2D eigenvalue weighted by Gasteiger charge is -2.21. The average molecular weight is 246 g/mol. The number of nitrogens with one attached hydrogen (secondary N) is 1. The van der Waals surface area contributed by atoms with Crippen LogP contribution in [-0.2, 0) is 12.6 Å². The van der Waals surface area contributed by atoms with Crippen LogP contribution in [0.4, 0.5) is 13.2 Å². The topological polar surface area (TPSA) is 55.2 Å². The molecular formula is C10H9F3N2O2. The molecule has 1 N–H and O–H groups in total. The minimum Gasteiger partial charge on any atom is -0.262 e. The van der Waals surface area contributed by atoms with E-state index in [0.29, 0.717) is 24.1 Å². The van der Waals surface area contributed by atoms with Gasteiger partial charge in [0.1, 0.15) is 0 Å². The maximum absolute atomic E-state index is 12.5. The number of nitro groups is 1. The summed E-state index contributed by atoms with van der Waals surface area (Å²) in [6, 6.07) is 3.05. The quantitative estimate of drug-likeness (QED) is 0.610.